The van der Waals surface area contributed by atoms with E-state index in [1.54, 1.807) is 23.3 Å². The number of aliphatic hydroxyl groups is 1. The topological polar surface area (TPSA) is 114 Å². The van der Waals surface area contributed by atoms with Crippen LogP contribution in [-0.2, 0) is 26.0 Å². The summed E-state index contributed by atoms with van der Waals surface area (Å²) in [4.78, 5) is 17.1. The van der Waals surface area contributed by atoms with Crippen LogP contribution in [0.1, 0.15) is 19.3 Å². The first kappa shape index (κ1) is 24.7. The molecular formula is C18H27F3N4O6S. The summed E-state index contributed by atoms with van der Waals surface area (Å²) in [5.41, 5.74) is -0.799. The molecule has 1 spiro atoms. The van der Waals surface area contributed by atoms with Gasteiger partial charge < -0.3 is 24.0 Å². The minimum atomic E-state index is -4.86. The highest BCUT2D eigenvalue weighted by atomic mass is 32.2. The van der Waals surface area contributed by atoms with Crippen molar-refractivity contribution < 1.29 is 41.0 Å². The fraction of sp³-hybridized carbons (Fsp3) is 0.778. The number of morpholine rings is 1. The van der Waals surface area contributed by atoms with E-state index in [1.165, 1.54) is 4.31 Å². The Morgan fingerprint density at radius 1 is 1.28 bits per heavy atom. The van der Waals surface area contributed by atoms with Crippen LogP contribution in [0.25, 0.3) is 0 Å². The van der Waals surface area contributed by atoms with Gasteiger partial charge in [-0.05, 0) is 19.3 Å². The zero-order valence-electron chi connectivity index (χ0n) is 17.4. The van der Waals surface area contributed by atoms with Gasteiger partial charge in [0.2, 0.25) is 16.1 Å². The number of nitrogens with zero attached hydrogens (tertiary/aromatic N) is 4. The first-order valence-corrected chi connectivity index (χ1v) is 11.9. The van der Waals surface area contributed by atoms with E-state index in [4.69, 9.17) is 9.84 Å². The molecule has 182 valence electrons. The number of ether oxygens (including phenoxy) is 2. The van der Waals surface area contributed by atoms with Crippen LogP contribution in [0.5, 0.6) is 0 Å². The van der Waals surface area contributed by atoms with E-state index in [0.29, 0.717) is 13.0 Å². The van der Waals surface area contributed by atoms with Crippen molar-refractivity contribution in [1.82, 2.24) is 18.8 Å². The van der Waals surface area contributed by atoms with Crippen LogP contribution in [0.2, 0.25) is 0 Å². The predicted octanol–water partition coefficient (Wildman–Crippen LogP) is 0.830. The molecule has 3 heterocycles. The maximum Gasteiger partial charge on any atom is 0.427 e. The van der Waals surface area contributed by atoms with E-state index in [1.807, 2.05) is 0 Å². The number of aliphatic hydroxyl groups excluding tert-OH is 1. The number of carbonyl (C=O) groups excluding carboxylic acids is 1. The fourth-order valence-corrected chi connectivity index (χ4v) is 5.36. The highest BCUT2D eigenvalue weighted by Crippen LogP contribution is 2.32. The van der Waals surface area contributed by atoms with Crippen LogP contribution in [0.3, 0.4) is 0 Å². The number of hydrogen-bond donors (Lipinski definition) is 1. The molecule has 0 saturated carbocycles. The molecule has 1 atom stereocenters. The van der Waals surface area contributed by atoms with Gasteiger partial charge in [-0.3, -0.25) is 0 Å². The van der Waals surface area contributed by atoms with E-state index in [9.17, 15) is 26.4 Å². The summed E-state index contributed by atoms with van der Waals surface area (Å²) in [6.07, 6.45) is -2.67. The van der Waals surface area contributed by atoms with Gasteiger partial charge in [0, 0.05) is 45.1 Å². The number of aryl methyl sites for hydroxylation is 1. The lowest BCUT2D eigenvalue weighted by atomic mass is 9.90. The van der Waals surface area contributed by atoms with Gasteiger partial charge in [0.25, 0.3) is 0 Å². The Kier molecular flexibility index (Phi) is 7.68. The van der Waals surface area contributed by atoms with Crippen molar-refractivity contribution in [3.63, 3.8) is 0 Å². The lowest BCUT2D eigenvalue weighted by Crippen LogP contribution is -2.59. The van der Waals surface area contributed by atoms with Gasteiger partial charge in [-0.15, -0.1) is 0 Å². The molecule has 2 fully saturated rings. The van der Waals surface area contributed by atoms with Gasteiger partial charge >= 0.3 is 12.3 Å². The average molecular weight is 484 g/mol. The van der Waals surface area contributed by atoms with Gasteiger partial charge in [-0.2, -0.15) is 17.5 Å². The Morgan fingerprint density at radius 3 is 2.59 bits per heavy atom. The second kappa shape index (κ2) is 9.93. The second-order valence-corrected chi connectivity index (χ2v) is 10.0. The minimum absolute atomic E-state index is 0.0281. The summed E-state index contributed by atoms with van der Waals surface area (Å²) < 4.78 is 77.2. The molecule has 1 unspecified atom stereocenters. The van der Waals surface area contributed by atoms with E-state index in [-0.39, 0.29) is 51.4 Å². The molecule has 10 nitrogen and oxygen atoms in total. The molecule has 1 aromatic heterocycles. The van der Waals surface area contributed by atoms with Crippen molar-refractivity contribution in [2.45, 2.75) is 43.7 Å². The average Bonchev–Trinajstić information content (AvgIpc) is 3.25. The molecule has 2 aliphatic heterocycles. The van der Waals surface area contributed by atoms with Crippen LogP contribution in [0.15, 0.2) is 18.7 Å². The van der Waals surface area contributed by atoms with E-state index in [0.717, 1.165) is 4.90 Å². The van der Waals surface area contributed by atoms with Gasteiger partial charge in [0.05, 0.1) is 30.9 Å². The van der Waals surface area contributed by atoms with Crippen LogP contribution < -0.4 is 0 Å². The summed E-state index contributed by atoms with van der Waals surface area (Å²) in [5.74, 6) is -0.0281. The first-order valence-electron chi connectivity index (χ1n) is 10.3. The molecule has 1 amide bonds. The number of likely N-dealkylation sites (tertiary alicyclic amines) is 1. The second-order valence-electron chi connectivity index (χ2n) is 7.92. The highest BCUT2D eigenvalue weighted by molar-refractivity contribution is 7.89. The Labute approximate surface area is 183 Å². The molecule has 2 saturated heterocycles. The van der Waals surface area contributed by atoms with E-state index < -0.39 is 40.6 Å². The standard InChI is InChI=1S/C18H27F3N4O6S/c19-18(20,21)15(12-26)31-16(27)24-6-2-17(3-7-24)13-25(9-10-30-17)32(28,29)11-1-5-23-8-4-22-14-23/h4,8,14-15,26H,1-3,5-7,9-13H2. The number of piperidine rings is 1. The molecular weight excluding hydrogens is 457 g/mol. The van der Waals surface area contributed by atoms with Crippen LogP contribution in [-0.4, -0.2) is 101 Å². The summed E-state index contributed by atoms with van der Waals surface area (Å²) in [6.45, 7) is -0.156. The van der Waals surface area contributed by atoms with Gasteiger partial charge in [0.15, 0.2) is 0 Å². The summed E-state index contributed by atoms with van der Waals surface area (Å²) in [6, 6.07) is 0. The molecule has 0 aromatic carbocycles. The Hall–Kier alpha value is -1.90. The van der Waals surface area contributed by atoms with Gasteiger partial charge in [-0.1, -0.05) is 0 Å². The summed E-state index contributed by atoms with van der Waals surface area (Å²) in [7, 11) is -3.52. The fourth-order valence-electron chi connectivity index (χ4n) is 3.83. The number of amides is 1. The Bertz CT molecular complexity index is 857. The van der Waals surface area contributed by atoms with Crippen LogP contribution >= 0.6 is 0 Å². The SMILES string of the molecule is O=C(OC(CO)C(F)(F)F)N1CCC2(CC1)CN(S(=O)(=O)CCCn1ccnc1)CCO2. The predicted molar refractivity (Wildman–Crippen MR) is 105 cm³/mol. The Balaban J connectivity index is 1.52. The highest BCUT2D eigenvalue weighted by Gasteiger charge is 2.46. The van der Waals surface area contributed by atoms with Gasteiger partial charge in [-0.25, -0.2) is 18.2 Å². The quantitative estimate of drug-likeness (QED) is 0.610. The third-order valence-corrected chi connectivity index (χ3v) is 7.59. The van der Waals surface area contributed by atoms with Crippen molar-refractivity contribution >= 4 is 16.1 Å². The third kappa shape index (κ3) is 6.11. The Morgan fingerprint density at radius 2 is 2.00 bits per heavy atom. The zero-order valence-corrected chi connectivity index (χ0v) is 18.2. The van der Waals surface area contributed by atoms with Crippen molar-refractivity contribution in [3.05, 3.63) is 18.7 Å². The summed E-state index contributed by atoms with van der Waals surface area (Å²) in [5, 5.41) is 8.83. The summed E-state index contributed by atoms with van der Waals surface area (Å²) >= 11 is 0. The molecule has 3 rings (SSSR count). The van der Waals surface area contributed by atoms with Crippen molar-refractivity contribution in [2.75, 3.05) is 45.1 Å². The smallest absolute Gasteiger partial charge is 0.427 e. The molecule has 2 aliphatic rings. The number of halogens is 3. The largest absolute Gasteiger partial charge is 0.434 e. The number of alkyl halides is 3. The molecule has 0 radical (unpaired) electrons. The number of hydrogen-bond acceptors (Lipinski definition) is 7. The van der Waals surface area contributed by atoms with Crippen LogP contribution in [0.4, 0.5) is 18.0 Å². The van der Waals surface area contributed by atoms with Crippen molar-refractivity contribution in [2.24, 2.45) is 0 Å². The number of sulfonamides is 1. The van der Waals surface area contributed by atoms with Crippen molar-refractivity contribution in [3.8, 4) is 0 Å². The van der Waals surface area contributed by atoms with Crippen molar-refractivity contribution in [1.29, 1.82) is 0 Å². The molecule has 1 aromatic rings. The maximum atomic E-state index is 12.8. The molecule has 14 heteroatoms. The van der Waals surface area contributed by atoms with E-state index in [2.05, 4.69) is 9.72 Å². The van der Waals surface area contributed by atoms with Gasteiger partial charge in [0.1, 0.15) is 0 Å². The number of imidazole rings is 1. The molecule has 1 N–H and O–H groups in total. The molecule has 0 aliphatic carbocycles. The number of rotatable bonds is 7. The maximum absolute atomic E-state index is 12.8. The lowest BCUT2D eigenvalue weighted by molar-refractivity contribution is -0.215. The monoisotopic (exact) mass is 484 g/mol. The number of aromatic nitrogens is 2. The third-order valence-electron chi connectivity index (χ3n) is 5.69. The lowest BCUT2D eigenvalue weighted by Gasteiger charge is -2.46. The van der Waals surface area contributed by atoms with E-state index >= 15 is 0 Å². The molecule has 32 heavy (non-hydrogen) atoms. The minimum Gasteiger partial charge on any atom is -0.434 e. The first-order chi connectivity index (χ1) is 15.0. The zero-order chi connectivity index (χ0) is 23.4. The van der Waals surface area contributed by atoms with Crippen LogP contribution in [0, 0.1) is 0 Å². The normalized spacial score (nSPS) is 20.9. The number of carbonyl (C=O) groups is 1. The molecule has 0 bridgehead atoms.